The SMILES string of the molecule is CCc1sc(C2(N)CC2)nc1C. The van der Waals surface area contributed by atoms with Crippen molar-refractivity contribution in [3.8, 4) is 0 Å². The van der Waals surface area contributed by atoms with E-state index >= 15 is 0 Å². The van der Waals surface area contributed by atoms with Crippen LogP contribution in [0.3, 0.4) is 0 Å². The van der Waals surface area contributed by atoms with Crippen molar-refractivity contribution in [1.82, 2.24) is 4.98 Å². The first-order chi connectivity index (χ1) is 5.65. The normalized spacial score (nSPS) is 19.6. The molecule has 0 spiro atoms. The average Bonchev–Trinajstić information content (AvgIpc) is 2.65. The number of nitrogens with zero attached hydrogens (tertiary/aromatic N) is 1. The summed E-state index contributed by atoms with van der Waals surface area (Å²) in [6.45, 7) is 4.24. The van der Waals surface area contributed by atoms with Crippen LogP contribution in [0, 0.1) is 6.92 Å². The highest BCUT2D eigenvalue weighted by atomic mass is 32.1. The predicted octanol–water partition coefficient (Wildman–Crippen LogP) is 1.96. The fraction of sp³-hybridized carbons (Fsp3) is 0.667. The van der Waals surface area contributed by atoms with Gasteiger partial charge in [0.25, 0.3) is 0 Å². The van der Waals surface area contributed by atoms with Crippen molar-refractivity contribution in [1.29, 1.82) is 0 Å². The Labute approximate surface area is 76.8 Å². The molecule has 1 aromatic rings. The largest absolute Gasteiger partial charge is 0.319 e. The molecule has 0 amide bonds. The molecule has 3 heteroatoms. The number of aromatic nitrogens is 1. The summed E-state index contributed by atoms with van der Waals surface area (Å²) in [5, 5.41) is 1.15. The lowest BCUT2D eigenvalue weighted by Crippen LogP contribution is -2.18. The number of rotatable bonds is 2. The number of hydrogen-bond donors (Lipinski definition) is 1. The van der Waals surface area contributed by atoms with Crippen LogP contribution in [0.4, 0.5) is 0 Å². The van der Waals surface area contributed by atoms with Crippen LogP contribution < -0.4 is 5.73 Å². The van der Waals surface area contributed by atoms with Gasteiger partial charge in [-0.25, -0.2) is 4.98 Å². The van der Waals surface area contributed by atoms with E-state index < -0.39 is 0 Å². The Morgan fingerprint density at radius 2 is 2.25 bits per heavy atom. The monoisotopic (exact) mass is 182 g/mol. The lowest BCUT2D eigenvalue weighted by atomic mass is 10.3. The van der Waals surface area contributed by atoms with E-state index in [1.54, 1.807) is 11.3 Å². The molecule has 0 unspecified atom stereocenters. The van der Waals surface area contributed by atoms with Crippen molar-refractivity contribution in [3.05, 3.63) is 15.6 Å². The zero-order valence-electron chi connectivity index (χ0n) is 7.55. The molecule has 1 saturated carbocycles. The molecule has 12 heavy (non-hydrogen) atoms. The molecule has 0 aliphatic heterocycles. The van der Waals surface area contributed by atoms with Gasteiger partial charge in [0.15, 0.2) is 0 Å². The van der Waals surface area contributed by atoms with E-state index in [1.807, 2.05) is 0 Å². The van der Waals surface area contributed by atoms with Gasteiger partial charge in [-0.15, -0.1) is 11.3 Å². The van der Waals surface area contributed by atoms with E-state index in [0.29, 0.717) is 0 Å². The molecule has 0 saturated heterocycles. The quantitative estimate of drug-likeness (QED) is 0.759. The second-order valence-electron chi connectivity index (χ2n) is 3.54. The van der Waals surface area contributed by atoms with Crippen LogP contribution in [-0.2, 0) is 12.0 Å². The molecular formula is C9H14N2S. The summed E-state index contributed by atoms with van der Waals surface area (Å²) in [6.07, 6.45) is 3.31. The third-order valence-corrected chi connectivity index (χ3v) is 3.95. The Morgan fingerprint density at radius 3 is 2.67 bits per heavy atom. The molecule has 1 fully saturated rings. The van der Waals surface area contributed by atoms with E-state index in [2.05, 4.69) is 18.8 Å². The summed E-state index contributed by atoms with van der Waals surface area (Å²) in [7, 11) is 0. The third kappa shape index (κ3) is 1.17. The molecule has 1 heterocycles. The van der Waals surface area contributed by atoms with E-state index in [9.17, 15) is 0 Å². The van der Waals surface area contributed by atoms with Gasteiger partial charge in [-0.1, -0.05) is 6.92 Å². The van der Waals surface area contributed by atoms with E-state index in [1.165, 1.54) is 10.6 Å². The Morgan fingerprint density at radius 1 is 1.58 bits per heavy atom. The maximum absolute atomic E-state index is 6.05. The van der Waals surface area contributed by atoms with Crippen LogP contribution >= 0.6 is 11.3 Å². The topological polar surface area (TPSA) is 38.9 Å². The number of aryl methyl sites for hydroxylation is 2. The standard InChI is InChI=1S/C9H14N2S/c1-3-7-6(2)11-8(12-7)9(10)4-5-9/h3-5,10H2,1-2H3. The minimum atomic E-state index is -0.0388. The summed E-state index contributed by atoms with van der Waals surface area (Å²) < 4.78 is 0. The van der Waals surface area contributed by atoms with Gasteiger partial charge >= 0.3 is 0 Å². The molecule has 0 radical (unpaired) electrons. The lowest BCUT2D eigenvalue weighted by molar-refractivity contribution is 0.728. The van der Waals surface area contributed by atoms with Crippen molar-refractivity contribution < 1.29 is 0 Å². The maximum Gasteiger partial charge on any atom is 0.113 e. The highest BCUT2D eigenvalue weighted by Crippen LogP contribution is 2.44. The summed E-state index contributed by atoms with van der Waals surface area (Å²) in [5.41, 5.74) is 7.19. The summed E-state index contributed by atoms with van der Waals surface area (Å²) in [6, 6.07) is 0. The van der Waals surface area contributed by atoms with Crippen molar-refractivity contribution in [3.63, 3.8) is 0 Å². The molecule has 2 rings (SSSR count). The first-order valence-electron chi connectivity index (χ1n) is 4.41. The molecule has 1 aromatic heterocycles. The van der Waals surface area contributed by atoms with Crippen LogP contribution in [0.15, 0.2) is 0 Å². The van der Waals surface area contributed by atoms with Gasteiger partial charge in [-0.3, -0.25) is 0 Å². The maximum atomic E-state index is 6.05. The fourth-order valence-electron chi connectivity index (χ4n) is 1.32. The second-order valence-corrected chi connectivity index (χ2v) is 4.62. The van der Waals surface area contributed by atoms with Crippen LogP contribution in [0.25, 0.3) is 0 Å². The molecule has 0 aromatic carbocycles. The van der Waals surface area contributed by atoms with Crippen molar-refractivity contribution >= 4 is 11.3 Å². The number of hydrogen-bond acceptors (Lipinski definition) is 3. The second kappa shape index (κ2) is 2.54. The van der Waals surface area contributed by atoms with Crippen molar-refractivity contribution in [2.24, 2.45) is 5.73 Å². The Bertz CT molecular complexity index is 299. The van der Waals surface area contributed by atoms with E-state index in [4.69, 9.17) is 5.73 Å². The van der Waals surface area contributed by atoms with Gasteiger partial charge in [0.1, 0.15) is 5.01 Å². The van der Waals surface area contributed by atoms with Gasteiger partial charge in [-0.2, -0.15) is 0 Å². The van der Waals surface area contributed by atoms with E-state index in [-0.39, 0.29) is 5.54 Å². The molecule has 1 aliphatic carbocycles. The minimum Gasteiger partial charge on any atom is -0.319 e. The van der Waals surface area contributed by atoms with Gasteiger partial charge < -0.3 is 5.73 Å². The summed E-state index contributed by atoms with van der Waals surface area (Å²) in [4.78, 5) is 5.90. The first kappa shape index (κ1) is 8.20. The van der Waals surface area contributed by atoms with Crippen molar-refractivity contribution in [2.75, 3.05) is 0 Å². The van der Waals surface area contributed by atoms with Crippen LogP contribution in [0.1, 0.15) is 35.3 Å². The molecule has 0 atom stereocenters. The molecule has 2 N–H and O–H groups in total. The van der Waals surface area contributed by atoms with Gasteiger partial charge in [0.05, 0.1) is 11.2 Å². The van der Waals surface area contributed by atoms with Crippen LogP contribution in [0.5, 0.6) is 0 Å². The third-order valence-electron chi connectivity index (χ3n) is 2.43. The lowest BCUT2D eigenvalue weighted by Gasteiger charge is -2.00. The predicted molar refractivity (Wildman–Crippen MR) is 51.3 cm³/mol. The highest BCUT2D eigenvalue weighted by Gasteiger charge is 2.43. The summed E-state index contributed by atoms with van der Waals surface area (Å²) in [5.74, 6) is 0. The zero-order chi connectivity index (χ0) is 8.77. The van der Waals surface area contributed by atoms with E-state index in [0.717, 1.165) is 24.3 Å². The Hall–Kier alpha value is -0.410. The average molecular weight is 182 g/mol. The summed E-state index contributed by atoms with van der Waals surface area (Å²) >= 11 is 1.79. The Balaban J connectivity index is 2.34. The number of thiazole rings is 1. The smallest absolute Gasteiger partial charge is 0.113 e. The number of nitrogens with two attached hydrogens (primary N) is 1. The van der Waals surface area contributed by atoms with Crippen molar-refractivity contribution in [2.45, 2.75) is 38.6 Å². The molecular weight excluding hydrogens is 168 g/mol. The highest BCUT2D eigenvalue weighted by molar-refractivity contribution is 7.11. The van der Waals surface area contributed by atoms with Gasteiger partial charge in [-0.05, 0) is 26.2 Å². The first-order valence-corrected chi connectivity index (χ1v) is 5.23. The fourth-order valence-corrected chi connectivity index (χ4v) is 2.48. The Kier molecular flexibility index (Phi) is 1.73. The van der Waals surface area contributed by atoms with Gasteiger partial charge in [0, 0.05) is 4.88 Å². The molecule has 2 nitrogen and oxygen atoms in total. The van der Waals surface area contributed by atoms with Crippen LogP contribution in [-0.4, -0.2) is 4.98 Å². The molecule has 0 bridgehead atoms. The van der Waals surface area contributed by atoms with Gasteiger partial charge in [0.2, 0.25) is 0 Å². The zero-order valence-corrected chi connectivity index (χ0v) is 8.37. The van der Waals surface area contributed by atoms with Crippen LogP contribution in [0.2, 0.25) is 0 Å². The molecule has 1 aliphatic rings. The molecule has 66 valence electrons. The minimum absolute atomic E-state index is 0.0388.